The molecule has 2 aromatic carbocycles. The SMILES string of the molecule is Cc1cccc([C@@H](C)NC(=O)Nc2ccc3c(c2)CN(C2CCC(=O)NC2=O)C3=O)c1. The van der Waals surface area contributed by atoms with Gasteiger partial charge in [0.25, 0.3) is 5.91 Å². The van der Waals surface area contributed by atoms with Crippen LogP contribution in [0.25, 0.3) is 0 Å². The summed E-state index contributed by atoms with van der Waals surface area (Å²) >= 11 is 0. The predicted octanol–water partition coefficient (Wildman–Crippen LogP) is 2.64. The van der Waals surface area contributed by atoms with Gasteiger partial charge in [-0.1, -0.05) is 29.8 Å². The fourth-order valence-electron chi connectivity index (χ4n) is 4.04. The first kappa shape index (κ1) is 20.6. The number of urea groups is 1. The third-order valence-electron chi connectivity index (χ3n) is 5.67. The number of piperidine rings is 1. The number of amides is 5. The van der Waals surface area contributed by atoms with Crippen molar-refractivity contribution in [2.75, 3.05) is 5.32 Å². The minimum absolute atomic E-state index is 0.168. The molecule has 1 unspecified atom stereocenters. The van der Waals surface area contributed by atoms with E-state index in [9.17, 15) is 19.2 Å². The molecule has 2 aromatic rings. The predicted molar refractivity (Wildman–Crippen MR) is 114 cm³/mol. The Labute approximate surface area is 180 Å². The van der Waals surface area contributed by atoms with E-state index in [1.807, 2.05) is 38.1 Å². The van der Waals surface area contributed by atoms with Crippen LogP contribution in [0.4, 0.5) is 10.5 Å². The molecule has 160 valence electrons. The van der Waals surface area contributed by atoms with Crippen LogP contribution in [-0.4, -0.2) is 34.7 Å². The van der Waals surface area contributed by atoms with Gasteiger partial charge in [-0.25, -0.2) is 4.79 Å². The van der Waals surface area contributed by atoms with E-state index in [1.165, 1.54) is 4.90 Å². The smallest absolute Gasteiger partial charge is 0.319 e. The fourth-order valence-corrected chi connectivity index (χ4v) is 4.04. The lowest BCUT2D eigenvalue weighted by Crippen LogP contribution is -2.52. The lowest BCUT2D eigenvalue weighted by Gasteiger charge is -2.29. The minimum atomic E-state index is -0.660. The quantitative estimate of drug-likeness (QED) is 0.661. The number of carbonyl (C=O) groups excluding carboxylic acids is 4. The Bertz CT molecular complexity index is 1080. The Morgan fingerprint density at radius 2 is 1.97 bits per heavy atom. The molecule has 5 amide bonds. The van der Waals surface area contributed by atoms with E-state index < -0.39 is 11.9 Å². The summed E-state index contributed by atoms with van der Waals surface area (Å²) in [5, 5.41) is 8.00. The van der Waals surface area contributed by atoms with E-state index in [0.29, 0.717) is 17.7 Å². The molecule has 3 N–H and O–H groups in total. The summed E-state index contributed by atoms with van der Waals surface area (Å²) in [5.74, 6) is -1.00. The summed E-state index contributed by atoms with van der Waals surface area (Å²) in [7, 11) is 0. The molecule has 1 saturated heterocycles. The van der Waals surface area contributed by atoms with E-state index in [-0.39, 0.29) is 36.9 Å². The van der Waals surface area contributed by atoms with Crippen LogP contribution in [0.2, 0.25) is 0 Å². The molecule has 2 heterocycles. The second kappa shape index (κ2) is 8.22. The third-order valence-corrected chi connectivity index (χ3v) is 5.67. The van der Waals surface area contributed by atoms with E-state index in [2.05, 4.69) is 16.0 Å². The van der Waals surface area contributed by atoms with Gasteiger partial charge >= 0.3 is 6.03 Å². The average molecular weight is 420 g/mol. The van der Waals surface area contributed by atoms with Crippen LogP contribution in [0.15, 0.2) is 42.5 Å². The minimum Gasteiger partial charge on any atom is -0.331 e. The molecule has 31 heavy (non-hydrogen) atoms. The molecule has 0 radical (unpaired) electrons. The van der Waals surface area contributed by atoms with Crippen LogP contribution in [0.5, 0.6) is 0 Å². The summed E-state index contributed by atoms with van der Waals surface area (Å²) in [5.41, 5.74) is 3.93. The number of benzene rings is 2. The van der Waals surface area contributed by atoms with Crippen molar-refractivity contribution in [3.05, 3.63) is 64.7 Å². The Morgan fingerprint density at radius 1 is 1.16 bits per heavy atom. The number of carbonyl (C=O) groups is 4. The van der Waals surface area contributed by atoms with Gasteiger partial charge in [-0.2, -0.15) is 0 Å². The van der Waals surface area contributed by atoms with Crippen molar-refractivity contribution >= 4 is 29.4 Å². The van der Waals surface area contributed by atoms with Crippen LogP contribution in [0.3, 0.4) is 0 Å². The monoisotopic (exact) mass is 420 g/mol. The molecule has 4 rings (SSSR count). The summed E-state index contributed by atoms with van der Waals surface area (Å²) < 4.78 is 0. The molecule has 2 aliphatic heterocycles. The first-order valence-electron chi connectivity index (χ1n) is 10.2. The Balaban J connectivity index is 1.42. The molecule has 8 heteroatoms. The second-order valence-corrected chi connectivity index (χ2v) is 8.01. The maximum absolute atomic E-state index is 12.7. The van der Waals surface area contributed by atoms with Gasteiger partial charge in [0, 0.05) is 24.2 Å². The summed E-state index contributed by atoms with van der Waals surface area (Å²) in [6.45, 7) is 4.17. The molecule has 0 saturated carbocycles. The molecular formula is C23H24N4O4. The number of hydrogen-bond donors (Lipinski definition) is 3. The Hall–Kier alpha value is -3.68. The number of anilines is 1. The van der Waals surface area contributed by atoms with E-state index in [0.717, 1.165) is 16.7 Å². The molecule has 2 atom stereocenters. The maximum Gasteiger partial charge on any atom is 0.319 e. The number of aryl methyl sites for hydroxylation is 1. The molecular weight excluding hydrogens is 396 g/mol. The van der Waals surface area contributed by atoms with Crippen molar-refractivity contribution in [3.8, 4) is 0 Å². The van der Waals surface area contributed by atoms with Crippen LogP contribution in [-0.2, 0) is 16.1 Å². The zero-order chi connectivity index (χ0) is 22.1. The number of imide groups is 1. The highest BCUT2D eigenvalue weighted by Crippen LogP contribution is 2.29. The van der Waals surface area contributed by atoms with Crippen molar-refractivity contribution in [1.29, 1.82) is 0 Å². The van der Waals surface area contributed by atoms with Gasteiger partial charge in [-0.15, -0.1) is 0 Å². The fraction of sp³-hybridized carbons (Fsp3) is 0.304. The second-order valence-electron chi connectivity index (χ2n) is 8.01. The zero-order valence-electron chi connectivity index (χ0n) is 17.4. The van der Waals surface area contributed by atoms with Crippen LogP contribution in [0, 0.1) is 6.92 Å². The average Bonchev–Trinajstić information content (AvgIpc) is 3.03. The van der Waals surface area contributed by atoms with Gasteiger partial charge in [-0.3, -0.25) is 19.7 Å². The molecule has 0 bridgehead atoms. The summed E-state index contributed by atoms with van der Waals surface area (Å²) in [6, 6.07) is 11.8. The number of nitrogens with one attached hydrogen (secondary N) is 3. The standard InChI is InChI=1S/C23H24N4O4/c1-13-4-3-5-15(10-13)14(2)24-23(31)25-17-6-7-18-16(11-17)12-27(22(18)30)19-8-9-20(28)26-21(19)29/h3-7,10-11,14,19H,8-9,12H2,1-2H3,(H2,24,25,31)(H,26,28,29)/t14-,19?/m1/s1. The molecule has 0 spiro atoms. The van der Waals surface area contributed by atoms with Crippen molar-refractivity contribution in [2.24, 2.45) is 0 Å². The highest BCUT2D eigenvalue weighted by atomic mass is 16.2. The van der Waals surface area contributed by atoms with Crippen LogP contribution < -0.4 is 16.0 Å². The first-order chi connectivity index (χ1) is 14.8. The number of nitrogens with zero attached hydrogens (tertiary/aromatic N) is 1. The maximum atomic E-state index is 12.7. The normalized spacial score (nSPS) is 19.0. The van der Waals surface area contributed by atoms with E-state index >= 15 is 0 Å². The number of rotatable bonds is 4. The number of fused-ring (bicyclic) bond motifs is 1. The Morgan fingerprint density at radius 3 is 2.71 bits per heavy atom. The van der Waals surface area contributed by atoms with E-state index in [1.54, 1.807) is 18.2 Å². The topological polar surface area (TPSA) is 108 Å². The van der Waals surface area contributed by atoms with E-state index in [4.69, 9.17) is 0 Å². The molecule has 0 aliphatic carbocycles. The van der Waals surface area contributed by atoms with Crippen molar-refractivity contribution in [2.45, 2.75) is 45.3 Å². The van der Waals surface area contributed by atoms with Gasteiger partial charge in [0.2, 0.25) is 11.8 Å². The largest absolute Gasteiger partial charge is 0.331 e. The van der Waals surface area contributed by atoms with Gasteiger partial charge in [0.15, 0.2) is 0 Å². The molecule has 1 fully saturated rings. The van der Waals surface area contributed by atoms with Gasteiger partial charge in [0.1, 0.15) is 6.04 Å². The summed E-state index contributed by atoms with van der Waals surface area (Å²) in [6.07, 6.45) is 0.525. The lowest BCUT2D eigenvalue weighted by molar-refractivity contribution is -0.136. The van der Waals surface area contributed by atoms with Crippen LogP contribution in [0.1, 0.15) is 52.9 Å². The molecule has 2 aliphatic rings. The zero-order valence-corrected chi connectivity index (χ0v) is 17.4. The lowest BCUT2D eigenvalue weighted by atomic mass is 10.0. The van der Waals surface area contributed by atoms with Crippen molar-refractivity contribution < 1.29 is 19.2 Å². The first-order valence-corrected chi connectivity index (χ1v) is 10.2. The van der Waals surface area contributed by atoms with Gasteiger partial charge in [0.05, 0.1) is 6.04 Å². The van der Waals surface area contributed by atoms with Crippen molar-refractivity contribution in [1.82, 2.24) is 15.5 Å². The molecule has 8 nitrogen and oxygen atoms in total. The molecule has 0 aromatic heterocycles. The Kier molecular flexibility index (Phi) is 5.46. The third kappa shape index (κ3) is 4.28. The highest BCUT2D eigenvalue weighted by molar-refractivity contribution is 6.05. The van der Waals surface area contributed by atoms with Crippen molar-refractivity contribution in [3.63, 3.8) is 0 Å². The van der Waals surface area contributed by atoms with Gasteiger partial charge < -0.3 is 15.5 Å². The van der Waals surface area contributed by atoms with Crippen LogP contribution >= 0.6 is 0 Å². The number of hydrogen-bond acceptors (Lipinski definition) is 4. The summed E-state index contributed by atoms with van der Waals surface area (Å²) in [4.78, 5) is 50.2. The van der Waals surface area contributed by atoms with Gasteiger partial charge in [-0.05, 0) is 49.6 Å². The highest BCUT2D eigenvalue weighted by Gasteiger charge is 2.39.